The molecule has 1 saturated heterocycles. The van der Waals surface area contributed by atoms with Gasteiger partial charge >= 0.3 is 0 Å². The van der Waals surface area contributed by atoms with E-state index in [4.69, 9.17) is 15.2 Å². The average molecular weight is 250 g/mol. The van der Waals surface area contributed by atoms with Gasteiger partial charge in [0.25, 0.3) is 0 Å². The Labute approximate surface area is 106 Å². The molecule has 3 N–H and O–H groups in total. The van der Waals surface area contributed by atoms with Gasteiger partial charge in [0.05, 0.1) is 12.7 Å². The molecule has 1 aliphatic rings. The van der Waals surface area contributed by atoms with Gasteiger partial charge in [0.1, 0.15) is 6.61 Å². The van der Waals surface area contributed by atoms with Crippen molar-refractivity contribution in [2.24, 2.45) is 0 Å². The van der Waals surface area contributed by atoms with Crippen LogP contribution in [0.1, 0.15) is 12.8 Å². The number of carbonyl (C=O) groups excluding carboxylic acids is 1. The lowest BCUT2D eigenvalue weighted by Crippen LogP contribution is -2.22. The molecule has 5 nitrogen and oxygen atoms in total. The van der Waals surface area contributed by atoms with E-state index in [1.807, 2.05) is 0 Å². The lowest BCUT2D eigenvalue weighted by atomic mass is 10.2. The molecule has 0 saturated carbocycles. The molecule has 0 bridgehead atoms. The number of benzene rings is 1. The third-order valence-electron chi connectivity index (χ3n) is 2.76. The van der Waals surface area contributed by atoms with E-state index in [0.29, 0.717) is 12.3 Å². The fraction of sp³-hybridized carbons (Fsp3) is 0.462. The highest BCUT2D eigenvalue weighted by Crippen LogP contribution is 2.12. The third kappa shape index (κ3) is 4.01. The smallest absolute Gasteiger partial charge is 0.250 e. The van der Waals surface area contributed by atoms with Gasteiger partial charge in [-0.25, -0.2) is 0 Å². The van der Waals surface area contributed by atoms with Crippen molar-refractivity contribution in [1.29, 1.82) is 0 Å². The minimum absolute atomic E-state index is 0.0459. The van der Waals surface area contributed by atoms with Crippen LogP contribution in [-0.4, -0.2) is 31.8 Å². The van der Waals surface area contributed by atoms with Gasteiger partial charge in [-0.1, -0.05) is 0 Å². The molecule has 2 rings (SSSR count). The van der Waals surface area contributed by atoms with Gasteiger partial charge in [-0.05, 0) is 37.1 Å². The second kappa shape index (κ2) is 6.37. The Morgan fingerprint density at radius 2 is 2.22 bits per heavy atom. The van der Waals surface area contributed by atoms with Crippen LogP contribution in [0, 0.1) is 0 Å². The fourth-order valence-corrected chi connectivity index (χ4v) is 1.82. The minimum atomic E-state index is -0.169. The number of ether oxygens (including phenoxy) is 2. The molecule has 0 aromatic heterocycles. The van der Waals surface area contributed by atoms with E-state index in [1.165, 1.54) is 0 Å². The molecule has 1 aromatic carbocycles. The van der Waals surface area contributed by atoms with Crippen LogP contribution < -0.4 is 11.1 Å². The van der Waals surface area contributed by atoms with Gasteiger partial charge in [0.15, 0.2) is 0 Å². The molecule has 0 aliphatic carbocycles. The van der Waals surface area contributed by atoms with Crippen LogP contribution >= 0.6 is 0 Å². The molecule has 1 atom stereocenters. The summed E-state index contributed by atoms with van der Waals surface area (Å²) in [5.74, 6) is -0.169. The number of nitrogens with one attached hydrogen (secondary N) is 1. The number of rotatable bonds is 5. The Morgan fingerprint density at radius 1 is 1.44 bits per heavy atom. The van der Waals surface area contributed by atoms with Crippen LogP contribution in [0.2, 0.25) is 0 Å². The Balaban J connectivity index is 1.66. The van der Waals surface area contributed by atoms with E-state index in [1.54, 1.807) is 24.3 Å². The van der Waals surface area contributed by atoms with Gasteiger partial charge in [0, 0.05) is 18.0 Å². The number of amides is 1. The Morgan fingerprint density at radius 3 is 2.89 bits per heavy atom. The van der Waals surface area contributed by atoms with Crippen molar-refractivity contribution in [2.75, 3.05) is 30.9 Å². The van der Waals surface area contributed by atoms with Crippen LogP contribution in [0.3, 0.4) is 0 Å². The predicted octanol–water partition coefficient (Wildman–Crippen LogP) is 1.40. The summed E-state index contributed by atoms with van der Waals surface area (Å²) in [6, 6.07) is 6.99. The predicted molar refractivity (Wildman–Crippen MR) is 69.3 cm³/mol. The molecule has 1 fully saturated rings. The van der Waals surface area contributed by atoms with Gasteiger partial charge in [-0.15, -0.1) is 0 Å². The van der Waals surface area contributed by atoms with Crippen molar-refractivity contribution in [1.82, 2.24) is 0 Å². The number of carbonyl (C=O) groups is 1. The van der Waals surface area contributed by atoms with E-state index in [0.717, 1.165) is 25.1 Å². The standard InChI is InChI=1S/C13H18N2O3/c14-10-3-5-11(6-4-10)15-13(16)9-17-8-12-2-1-7-18-12/h3-6,12H,1-2,7-9,14H2,(H,15,16). The number of hydrogen-bond donors (Lipinski definition) is 2. The van der Waals surface area contributed by atoms with E-state index in [2.05, 4.69) is 5.32 Å². The summed E-state index contributed by atoms with van der Waals surface area (Å²) < 4.78 is 10.7. The number of nitrogens with two attached hydrogens (primary N) is 1. The minimum Gasteiger partial charge on any atom is -0.399 e. The van der Waals surface area contributed by atoms with Crippen LogP contribution in [0.25, 0.3) is 0 Å². The van der Waals surface area contributed by atoms with Crippen LogP contribution in [0.4, 0.5) is 11.4 Å². The normalized spacial score (nSPS) is 18.8. The third-order valence-corrected chi connectivity index (χ3v) is 2.76. The molecule has 0 spiro atoms. The molecular formula is C13H18N2O3. The van der Waals surface area contributed by atoms with Crippen LogP contribution in [0.5, 0.6) is 0 Å². The lowest BCUT2D eigenvalue weighted by molar-refractivity contribution is -0.121. The maximum atomic E-state index is 11.6. The summed E-state index contributed by atoms with van der Waals surface area (Å²) in [5, 5.41) is 2.73. The molecule has 1 heterocycles. The topological polar surface area (TPSA) is 73.6 Å². The van der Waals surface area contributed by atoms with Crippen molar-refractivity contribution in [3.63, 3.8) is 0 Å². The largest absolute Gasteiger partial charge is 0.399 e. The quantitative estimate of drug-likeness (QED) is 0.775. The van der Waals surface area contributed by atoms with E-state index in [9.17, 15) is 4.79 Å². The Hall–Kier alpha value is -1.59. The zero-order valence-electron chi connectivity index (χ0n) is 10.2. The molecule has 1 aromatic rings. The van der Waals surface area contributed by atoms with E-state index in [-0.39, 0.29) is 18.6 Å². The summed E-state index contributed by atoms with van der Waals surface area (Å²) in [7, 11) is 0. The summed E-state index contributed by atoms with van der Waals surface area (Å²) in [4.78, 5) is 11.6. The van der Waals surface area contributed by atoms with Crippen molar-refractivity contribution in [2.45, 2.75) is 18.9 Å². The highest BCUT2D eigenvalue weighted by molar-refractivity contribution is 5.91. The highest BCUT2D eigenvalue weighted by atomic mass is 16.5. The van der Waals surface area contributed by atoms with Gasteiger partial charge in [-0.2, -0.15) is 0 Å². The van der Waals surface area contributed by atoms with Gasteiger partial charge < -0.3 is 20.5 Å². The molecule has 1 amide bonds. The molecule has 18 heavy (non-hydrogen) atoms. The van der Waals surface area contributed by atoms with Crippen LogP contribution in [-0.2, 0) is 14.3 Å². The number of anilines is 2. The first kappa shape index (κ1) is 12.9. The highest BCUT2D eigenvalue weighted by Gasteiger charge is 2.15. The molecule has 1 aliphatic heterocycles. The average Bonchev–Trinajstić information content (AvgIpc) is 2.85. The molecular weight excluding hydrogens is 232 g/mol. The Kier molecular flexibility index (Phi) is 4.55. The fourth-order valence-electron chi connectivity index (χ4n) is 1.82. The molecule has 0 radical (unpaired) electrons. The van der Waals surface area contributed by atoms with Crippen molar-refractivity contribution in [3.8, 4) is 0 Å². The summed E-state index contributed by atoms with van der Waals surface area (Å²) in [5.41, 5.74) is 6.94. The van der Waals surface area contributed by atoms with Crippen LogP contribution in [0.15, 0.2) is 24.3 Å². The summed E-state index contributed by atoms with van der Waals surface area (Å²) in [6.45, 7) is 1.32. The van der Waals surface area contributed by atoms with Gasteiger partial charge in [-0.3, -0.25) is 4.79 Å². The summed E-state index contributed by atoms with van der Waals surface area (Å²) in [6.07, 6.45) is 2.24. The molecule has 1 unspecified atom stereocenters. The second-order valence-corrected chi connectivity index (χ2v) is 4.32. The SMILES string of the molecule is Nc1ccc(NC(=O)COCC2CCCO2)cc1. The Bertz CT molecular complexity index is 386. The van der Waals surface area contributed by atoms with E-state index >= 15 is 0 Å². The maximum absolute atomic E-state index is 11.6. The van der Waals surface area contributed by atoms with Crippen molar-refractivity contribution < 1.29 is 14.3 Å². The number of hydrogen-bond acceptors (Lipinski definition) is 4. The van der Waals surface area contributed by atoms with Crippen molar-refractivity contribution >= 4 is 17.3 Å². The van der Waals surface area contributed by atoms with E-state index < -0.39 is 0 Å². The number of nitrogen functional groups attached to an aromatic ring is 1. The summed E-state index contributed by atoms with van der Waals surface area (Å²) >= 11 is 0. The lowest BCUT2D eigenvalue weighted by Gasteiger charge is -2.10. The molecule has 98 valence electrons. The maximum Gasteiger partial charge on any atom is 0.250 e. The first-order chi connectivity index (χ1) is 8.74. The molecule has 5 heteroatoms. The van der Waals surface area contributed by atoms with Gasteiger partial charge in [0.2, 0.25) is 5.91 Å². The first-order valence-corrected chi connectivity index (χ1v) is 6.09. The second-order valence-electron chi connectivity index (χ2n) is 4.32. The monoisotopic (exact) mass is 250 g/mol. The van der Waals surface area contributed by atoms with Crippen molar-refractivity contribution in [3.05, 3.63) is 24.3 Å². The zero-order chi connectivity index (χ0) is 12.8. The zero-order valence-corrected chi connectivity index (χ0v) is 10.2. The first-order valence-electron chi connectivity index (χ1n) is 6.09.